The van der Waals surface area contributed by atoms with Crippen LogP contribution in [0.5, 0.6) is 5.75 Å². The van der Waals surface area contributed by atoms with Gasteiger partial charge in [-0.1, -0.05) is 24.3 Å². The maximum atomic E-state index is 12.7. The zero-order valence-electron chi connectivity index (χ0n) is 14.1. The second-order valence-electron chi connectivity index (χ2n) is 5.88. The molecular weight excluding hydrogens is 320 g/mol. The fourth-order valence-electron chi connectivity index (χ4n) is 2.84. The summed E-state index contributed by atoms with van der Waals surface area (Å²) in [4.78, 5) is 17.9. The zero-order valence-corrected chi connectivity index (χ0v) is 14.9. The summed E-state index contributed by atoms with van der Waals surface area (Å²) < 4.78 is 5.17. The van der Waals surface area contributed by atoms with Gasteiger partial charge in [0.25, 0.3) is 0 Å². The van der Waals surface area contributed by atoms with Crippen molar-refractivity contribution in [3.05, 3.63) is 54.1 Å². The Bertz CT molecular complexity index is 703. The number of amides is 1. The largest absolute Gasteiger partial charge is 0.497 e. The van der Waals surface area contributed by atoms with E-state index in [9.17, 15) is 4.79 Å². The molecule has 0 aliphatic carbocycles. The Morgan fingerprint density at radius 1 is 1.21 bits per heavy atom. The van der Waals surface area contributed by atoms with Gasteiger partial charge in [0, 0.05) is 23.7 Å². The lowest BCUT2D eigenvalue weighted by Crippen LogP contribution is -2.41. The third-order valence-corrected chi connectivity index (χ3v) is 5.09. The van der Waals surface area contributed by atoms with Gasteiger partial charge in [0.15, 0.2) is 0 Å². The maximum Gasteiger partial charge on any atom is 0.241 e. The fourth-order valence-corrected chi connectivity index (χ4v) is 3.84. The number of hydrogen-bond donors (Lipinski definition) is 0. The van der Waals surface area contributed by atoms with E-state index in [1.165, 1.54) is 10.5 Å². The highest BCUT2D eigenvalue weighted by atomic mass is 32.2. The second-order valence-corrected chi connectivity index (χ2v) is 7.02. The summed E-state index contributed by atoms with van der Waals surface area (Å²) in [5, 5.41) is 0. The molecular formula is C19H22N2O2S. The minimum Gasteiger partial charge on any atom is -0.497 e. The molecule has 3 rings (SSSR count). The van der Waals surface area contributed by atoms with Crippen LogP contribution in [-0.2, 0) is 11.3 Å². The average molecular weight is 342 g/mol. The molecule has 0 bridgehead atoms. The number of carbonyl (C=O) groups is 1. The first kappa shape index (κ1) is 16.9. The van der Waals surface area contributed by atoms with E-state index in [0.717, 1.165) is 30.3 Å². The van der Waals surface area contributed by atoms with Crippen molar-refractivity contribution < 1.29 is 9.53 Å². The molecule has 0 N–H and O–H groups in total. The minimum absolute atomic E-state index is 0.152. The number of anilines is 1. The van der Waals surface area contributed by atoms with Crippen molar-refractivity contribution in [2.45, 2.75) is 11.4 Å². The molecule has 24 heavy (non-hydrogen) atoms. The number of benzene rings is 2. The molecule has 1 amide bonds. The molecule has 1 aliphatic heterocycles. The molecule has 1 aliphatic rings. The molecule has 2 aromatic rings. The molecule has 0 aromatic heterocycles. The van der Waals surface area contributed by atoms with Gasteiger partial charge in [-0.2, -0.15) is 0 Å². The lowest BCUT2D eigenvalue weighted by atomic mass is 10.2. The molecule has 0 atom stereocenters. The van der Waals surface area contributed by atoms with Gasteiger partial charge < -0.3 is 9.64 Å². The number of carbonyl (C=O) groups excluding carboxylic acids is 1. The SMILES string of the molecule is COc1ccc(CN(C)CC(=O)N2CCSc3ccccc32)cc1. The molecule has 5 heteroatoms. The molecule has 2 aromatic carbocycles. The molecule has 0 unspecified atom stereocenters. The first-order valence-electron chi connectivity index (χ1n) is 8.01. The summed E-state index contributed by atoms with van der Waals surface area (Å²) in [5.41, 5.74) is 2.21. The summed E-state index contributed by atoms with van der Waals surface area (Å²) in [6.07, 6.45) is 0. The summed E-state index contributed by atoms with van der Waals surface area (Å²) in [7, 11) is 3.64. The molecule has 126 valence electrons. The first-order valence-corrected chi connectivity index (χ1v) is 8.99. The first-order chi connectivity index (χ1) is 11.7. The van der Waals surface area contributed by atoms with Crippen molar-refractivity contribution in [2.75, 3.05) is 37.9 Å². The molecule has 1 heterocycles. The third kappa shape index (κ3) is 3.91. The van der Waals surface area contributed by atoms with Crippen LogP contribution in [0.25, 0.3) is 0 Å². The topological polar surface area (TPSA) is 32.8 Å². The molecule has 4 nitrogen and oxygen atoms in total. The van der Waals surface area contributed by atoms with E-state index in [1.807, 2.05) is 66.2 Å². The predicted molar refractivity (Wildman–Crippen MR) is 98.8 cm³/mol. The van der Waals surface area contributed by atoms with Crippen molar-refractivity contribution in [2.24, 2.45) is 0 Å². The second kappa shape index (κ2) is 7.73. The van der Waals surface area contributed by atoms with Gasteiger partial charge in [-0.3, -0.25) is 9.69 Å². The van der Waals surface area contributed by atoms with Crippen LogP contribution in [0.2, 0.25) is 0 Å². The Kier molecular flexibility index (Phi) is 5.43. The van der Waals surface area contributed by atoms with Gasteiger partial charge in [-0.25, -0.2) is 0 Å². The Balaban J connectivity index is 1.62. The number of thioether (sulfide) groups is 1. The van der Waals surface area contributed by atoms with E-state index in [2.05, 4.69) is 11.0 Å². The Morgan fingerprint density at radius 3 is 2.71 bits per heavy atom. The van der Waals surface area contributed by atoms with Crippen LogP contribution in [0.1, 0.15) is 5.56 Å². The minimum atomic E-state index is 0.152. The average Bonchev–Trinajstić information content (AvgIpc) is 2.61. The van der Waals surface area contributed by atoms with Crippen molar-refractivity contribution in [3.8, 4) is 5.75 Å². The Labute approximate surface area is 147 Å². The van der Waals surface area contributed by atoms with Crippen molar-refractivity contribution in [1.29, 1.82) is 0 Å². The van der Waals surface area contributed by atoms with Gasteiger partial charge in [0.1, 0.15) is 5.75 Å². The predicted octanol–water partition coefficient (Wildman–Crippen LogP) is 3.27. The lowest BCUT2D eigenvalue weighted by molar-refractivity contribution is -0.119. The molecule has 0 saturated carbocycles. The molecule has 0 saturated heterocycles. The highest BCUT2D eigenvalue weighted by Gasteiger charge is 2.23. The van der Waals surface area contributed by atoms with Crippen LogP contribution < -0.4 is 9.64 Å². The number of rotatable bonds is 5. The summed E-state index contributed by atoms with van der Waals surface area (Å²) >= 11 is 1.82. The highest BCUT2D eigenvalue weighted by molar-refractivity contribution is 7.99. The lowest BCUT2D eigenvalue weighted by Gasteiger charge is -2.30. The Morgan fingerprint density at radius 2 is 1.96 bits per heavy atom. The van der Waals surface area contributed by atoms with Crippen LogP contribution in [0.3, 0.4) is 0 Å². The number of ether oxygens (including phenoxy) is 1. The van der Waals surface area contributed by atoms with Crippen LogP contribution in [0.4, 0.5) is 5.69 Å². The van der Waals surface area contributed by atoms with E-state index in [1.54, 1.807) is 7.11 Å². The number of para-hydroxylation sites is 1. The van der Waals surface area contributed by atoms with Gasteiger partial charge in [-0.05, 0) is 36.9 Å². The van der Waals surface area contributed by atoms with E-state index in [0.29, 0.717) is 6.54 Å². The van der Waals surface area contributed by atoms with Gasteiger partial charge in [0.05, 0.1) is 19.3 Å². The van der Waals surface area contributed by atoms with Crippen LogP contribution in [0, 0.1) is 0 Å². The summed E-state index contributed by atoms with van der Waals surface area (Å²) in [5.74, 6) is 1.95. The van der Waals surface area contributed by atoms with Crippen molar-refractivity contribution >= 4 is 23.4 Å². The quantitative estimate of drug-likeness (QED) is 0.835. The van der Waals surface area contributed by atoms with Gasteiger partial charge in [0.2, 0.25) is 5.91 Å². The van der Waals surface area contributed by atoms with Crippen LogP contribution >= 0.6 is 11.8 Å². The van der Waals surface area contributed by atoms with Crippen LogP contribution in [0.15, 0.2) is 53.4 Å². The number of likely N-dealkylation sites (N-methyl/N-ethyl adjacent to an activating group) is 1. The zero-order chi connectivity index (χ0) is 16.9. The normalized spacial score (nSPS) is 13.7. The number of methoxy groups -OCH3 is 1. The van der Waals surface area contributed by atoms with E-state index in [4.69, 9.17) is 4.74 Å². The van der Waals surface area contributed by atoms with Crippen molar-refractivity contribution in [3.63, 3.8) is 0 Å². The fraction of sp³-hybridized carbons (Fsp3) is 0.316. The number of nitrogens with zero attached hydrogens (tertiary/aromatic N) is 2. The molecule has 0 spiro atoms. The highest BCUT2D eigenvalue weighted by Crippen LogP contribution is 2.34. The maximum absolute atomic E-state index is 12.7. The number of hydrogen-bond acceptors (Lipinski definition) is 4. The Hall–Kier alpha value is -1.98. The monoisotopic (exact) mass is 342 g/mol. The van der Waals surface area contributed by atoms with Gasteiger partial charge >= 0.3 is 0 Å². The molecule has 0 fully saturated rings. The summed E-state index contributed by atoms with van der Waals surface area (Å²) in [6.45, 7) is 1.92. The number of fused-ring (bicyclic) bond motifs is 1. The standard InChI is InChI=1S/C19H22N2O2S/c1-20(13-15-7-9-16(23-2)10-8-15)14-19(22)21-11-12-24-18-6-4-3-5-17(18)21/h3-10H,11-14H2,1-2H3. The van der Waals surface area contributed by atoms with E-state index in [-0.39, 0.29) is 5.91 Å². The third-order valence-electron chi connectivity index (χ3n) is 4.05. The van der Waals surface area contributed by atoms with Crippen LogP contribution in [-0.4, -0.2) is 43.8 Å². The smallest absolute Gasteiger partial charge is 0.241 e. The summed E-state index contributed by atoms with van der Waals surface area (Å²) in [6, 6.07) is 16.1. The molecule has 0 radical (unpaired) electrons. The van der Waals surface area contributed by atoms with Gasteiger partial charge in [-0.15, -0.1) is 11.8 Å². The van der Waals surface area contributed by atoms with E-state index >= 15 is 0 Å². The van der Waals surface area contributed by atoms with E-state index < -0.39 is 0 Å². The van der Waals surface area contributed by atoms with Crippen molar-refractivity contribution in [1.82, 2.24) is 4.90 Å².